The second kappa shape index (κ2) is 9.07. The molecule has 1 N–H and O–H groups in total. The van der Waals surface area contributed by atoms with Gasteiger partial charge in [0.2, 0.25) is 0 Å². The van der Waals surface area contributed by atoms with E-state index in [1.54, 1.807) is 0 Å². The van der Waals surface area contributed by atoms with E-state index in [1.807, 2.05) is 49.4 Å². The van der Waals surface area contributed by atoms with Gasteiger partial charge in [0.1, 0.15) is 12.4 Å². The quantitative estimate of drug-likeness (QED) is 0.733. The van der Waals surface area contributed by atoms with Gasteiger partial charge in [-0.2, -0.15) is 0 Å². The molecule has 0 atom stereocenters. The van der Waals surface area contributed by atoms with E-state index in [0.29, 0.717) is 26.2 Å². The number of aryl methyl sites for hydroxylation is 2. The number of carboxylic acid groups (broad SMARTS) is 1. The number of carboxylic acids is 1. The molecule has 0 aliphatic carbocycles. The van der Waals surface area contributed by atoms with Crippen LogP contribution in [0.5, 0.6) is 5.75 Å². The minimum atomic E-state index is -0.785. The predicted octanol–water partition coefficient (Wildman–Crippen LogP) is 4.92. The summed E-state index contributed by atoms with van der Waals surface area (Å²) in [6.45, 7) is 3.71. The monoisotopic (exact) mass is 386 g/mol. The lowest BCUT2D eigenvalue weighted by molar-refractivity contribution is -0.136. The molecular formula is C22H23ClO4. The molecule has 2 aromatic rings. The second-order valence-corrected chi connectivity index (χ2v) is 7.11. The maximum atomic E-state index is 10.7. The van der Waals surface area contributed by atoms with E-state index in [0.717, 1.165) is 39.5 Å². The molecule has 0 unspecified atom stereocenters. The largest absolute Gasteiger partial charge is 0.489 e. The molecule has 0 saturated carbocycles. The number of hydrogen-bond donors (Lipinski definition) is 1. The van der Waals surface area contributed by atoms with Crippen LogP contribution in [-0.2, 0) is 16.0 Å². The Morgan fingerprint density at radius 2 is 2.00 bits per heavy atom. The van der Waals surface area contributed by atoms with Crippen molar-refractivity contribution >= 4 is 23.1 Å². The first-order valence-electron chi connectivity index (χ1n) is 9.01. The van der Waals surface area contributed by atoms with Crippen LogP contribution in [0.3, 0.4) is 0 Å². The van der Waals surface area contributed by atoms with Crippen molar-refractivity contribution < 1.29 is 19.4 Å². The van der Waals surface area contributed by atoms with Crippen molar-refractivity contribution in [2.24, 2.45) is 0 Å². The average molecular weight is 387 g/mol. The van der Waals surface area contributed by atoms with Gasteiger partial charge in [-0.25, -0.2) is 0 Å². The molecule has 4 nitrogen and oxygen atoms in total. The van der Waals surface area contributed by atoms with Crippen LogP contribution in [0, 0.1) is 6.92 Å². The molecule has 5 heteroatoms. The third-order valence-corrected chi connectivity index (χ3v) is 4.91. The smallest absolute Gasteiger partial charge is 0.303 e. The third kappa shape index (κ3) is 5.34. The highest BCUT2D eigenvalue weighted by Crippen LogP contribution is 2.28. The summed E-state index contributed by atoms with van der Waals surface area (Å²) in [5, 5.41) is 9.54. The average Bonchev–Trinajstić information content (AvgIpc) is 2.66. The van der Waals surface area contributed by atoms with Gasteiger partial charge in [0, 0.05) is 11.4 Å². The lowest BCUT2D eigenvalue weighted by Gasteiger charge is -2.22. The molecule has 27 heavy (non-hydrogen) atoms. The molecule has 1 heterocycles. The third-order valence-electron chi connectivity index (χ3n) is 4.66. The van der Waals surface area contributed by atoms with Gasteiger partial charge in [-0.15, -0.1) is 0 Å². The Morgan fingerprint density at radius 3 is 2.70 bits per heavy atom. The highest BCUT2D eigenvalue weighted by Gasteiger charge is 2.16. The molecule has 0 aromatic heterocycles. The zero-order valence-electron chi connectivity index (χ0n) is 15.3. The number of halogens is 1. The lowest BCUT2D eigenvalue weighted by atomic mass is 9.96. The molecule has 1 aliphatic heterocycles. The summed E-state index contributed by atoms with van der Waals surface area (Å²) in [4.78, 5) is 10.7. The number of carbonyl (C=O) groups is 1. The van der Waals surface area contributed by atoms with Gasteiger partial charge >= 0.3 is 5.97 Å². The van der Waals surface area contributed by atoms with Gasteiger partial charge in [0.15, 0.2) is 0 Å². The van der Waals surface area contributed by atoms with Gasteiger partial charge in [-0.1, -0.05) is 35.9 Å². The normalized spacial score (nSPS) is 14.3. The fraction of sp³-hybridized carbons (Fsp3) is 0.318. The van der Waals surface area contributed by atoms with E-state index in [1.165, 1.54) is 5.57 Å². The zero-order valence-corrected chi connectivity index (χ0v) is 16.1. The molecule has 0 radical (unpaired) electrons. The molecule has 3 rings (SSSR count). The minimum Gasteiger partial charge on any atom is -0.489 e. The zero-order chi connectivity index (χ0) is 19.2. The highest BCUT2D eigenvalue weighted by atomic mass is 35.5. The number of ether oxygens (including phenoxy) is 2. The van der Waals surface area contributed by atoms with E-state index >= 15 is 0 Å². The predicted molar refractivity (Wildman–Crippen MR) is 106 cm³/mol. The summed E-state index contributed by atoms with van der Waals surface area (Å²) in [6, 6.07) is 13.7. The first-order valence-corrected chi connectivity index (χ1v) is 9.39. The van der Waals surface area contributed by atoms with Gasteiger partial charge in [-0.05, 0) is 65.8 Å². The van der Waals surface area contributed by atoms with Crippen molar-refractivity contribution in [3.8, 4) is 5.75 Å². The lowest BCUT2D eigenvalue weighted by Crippen LogP contribution is -2.16. The van der Waals surface area contributed by atoms with Crippen molar-refractivity contribution in [1.29, 1.82) is 0 Å². The summed E-state index contributed by atoms with van der Waals surface area (Å²) in [5.74, 6) is 0.0227. The van der Waals surface area contributed by atoms with E-state index in [4.69, 9.17) is 26.2 Å². The summed E-state index contributed by atoms with van der Waals surface area (Å²) >= 11 is 6.00. The van der Waals surface area contributed by atoms with Crippen LogP contribution >= 0.6 is 11.6 Å². The van der Waals surface area contributed by atoms with Crippen LogP contribution in [0.15, 0.2) is 48.0 Å². The molecule has 0 saturated heterocycles. The van der Waals surface area contributed by atoms with Crippen molar-refractivity contribution in [2.75, 3.05) is 19.8 Å². The van der Waals surface area contributed by atoms with Crippen LogP contribution in [0.25, 0.3) is 5.57 Å². The van der Waals surface area contributed by atoms with Crippen molar-refractivity contribution in [3.05, 3.63) is 69.8 Å². The van der Waals surface area contributed by atoms with Gasteiger partial charge in [-0.3, -0.25) is 4.79 Å². The minimum absolute atomic E-state index is 0.133. The van der Waals surface area contributed by atoms with E-state index in [9.17, 15) is 4.79 Å². The second-order valence-electron chi connectivity index (χ2n) is 6.67. The maximum absolute atomic E-state index is 10.7. The van der Waals surface area contributed by atoms with Crippen LogP contribution < -0.4 is 4.74 Å². The Morgan fingerprint density at radius 1 is 1.22 bits per heavy atom. The van der Waals surface area contributed by atoms with Crippen LogP contribution in [0.4, 0.5) is 0 Å². The molecule has 2 aromatic carbocycles. The Labute approximate surface area is 164 Å². The number of aliphatic carboxylic acids is 1. The molecular weight excluding hydrogens is 364 g/mol. The first-order chi connectivity index (χ1) is 13.0. The maximum Gasteiger partial charge on any atom is 0.303 e. The summed E-state index contributed by atoms with van der Waals surface area (Å²) in [5.41, 5.74) is 5.56. The molecule has 0 amide bonds. The van der Waals surface area contributed by atoms with Gasteiger partial charge < -0.3 is 14.6 Å². The van der Waals surface area contributed by atoms with Crippen molar-refractivity contribution in [2.45, 2.75) is 26.2 Å². The van der Waals surface area contributed by atoms with Crippen LogP contribution in [0.1, 0.15) is 29.5 Å². The summed E-state index contributed by atoms with van der Waals surface area (Å²) in [7, 11) is 0. The molecule has 0 bridgehead atoms. The molecule has 0 spiro atoms. The number of benzene rings is 2. The SMILES string of the molecule is Cc1cc(CCC(=O)O)ccc1OCC1=C(c2ccc(Cl)cc2)CCOC1. The Bertz CT molecular complexity index is 840. The number of rotatable bonds is 7. The van der Waals surface area contributed by atoms with E-state index in [-0.39, 0.29) is 6.42 Å². The molecule has 0 fully saturated rings. The standard InChI is InChI=1S/C22H23ClO4/c1-15-12-16(3-9-22(24)25)2-8-21(15)27-14-18-13-26-11-10-20(18)17-4-6-19(23)7-5-17/h2,4-8,12H,3,9-11,13-14H2,1H3,(H,24,25). The first kappa shape index (κ1) is 19.5. The Balaban J connectivity index is 1.72. The summed E-state index contributed by atoms with van der Waals surface area (Å²) in [6.07, 6.45) is 1.51. The van der Waals surface area contributed by atoms with Crippen LogP contribution in [0.2, 0.25) is 5.02 Å². The molecule has 1 aliphatic rings. The number of hydrogen-bond acceptors (Lipinski definition) is 3. The van der Waals surface area contributed by atoms with Crippen molar-refractivity contribution in [3.63, 3.8) is 0 Å². The fourth-order valence-electron chi connectivity index (χ4n) is 3.21. The van der Waals surface area contributed by atoms with Gasteiger partial charge in [0.25, 0.3) is 0 Å². The van der Waals surface area contributed by atoms with Crippen molar-refractivity contribution in [1.82, 2.24) is 0 Å². The van der Waals surface area contributed by atoms with Crippen LogP contribution in [-0.4, -0.2) is 30.9 Å². The topological polar surface area (TPSA) is 55.8 Å². The fourth-order valence-corrected chi connectivity index (χ4v) is 3.33. The Hall–Kier alpha value is -2.30. The van der Waals surface area contributed by atoms with E-state index < -0.39 is 5.97 Å². The Kier molecular flexibility index (Phi) is 6.54. The molecule has 142 valence electrons. The summed E-state index contributed by atoms with van der Waals surface area (Å²) < 4.78 is 11.7. The van der Waals surface area contributed by atoms with Gasteiger partial charge in [0.05, 0.1) is 13.2 Å². The highest BCUT2D eigenvalue weighted by molar-refractivity contribution is 6.30. The van der Waals surface area contributed by atoms with E-state index in [2.05, 4.69) is 0 Å².